The van der Waals surface area contributed by atoms with E-state index in [0.717, 1.165) is 11.1 Å². The number of hydrogen-bond acceptors (Lipinski definition) is 5. The summed E-state index contributed by atoms with van der Waals surface area (Å²) in [4.78, 5) is -0.0528. The maximum absolute atomic E-state index is 13.9. The van der Waals surface area contributed by atoms with Gasteiger partial charge in [-0.3, -0.25) is 0 Å². The molecule has 0 N–H and O–H groups in total. The van der Waals surface area contributed by atoms with Crippen molar-refractivity contribution in [1.82, 2.24) is 0 Å². The summed E-state index contributed by atoms with van der Waals surface area (Å²) < 4.78 is 60.9. The summed E-state index contributed by atoms with van der Waals surface area (Å²) >= 11 is 0. The van der Waals surface area contributed by atoms with Crippen LogP contribution in [-0.4, -0.2) is 16.8 Å². The molecule has 0 amide bonds. The van der Waals surface area contributed by atoms with E-state index in [-0.39, 0.29) is 45.3 Å². The minimum Gasteiger partial charge on any atom is -0.193 e. The van der Waals surface area contributed by atoms with Crippen LogP contribution in [-0.2, 0) is 23.9 Å². The smallest absolute Gasteiger partial charge is 0.193 e. The molecule has 0 spiro atoms. The zero-order valence-corrected chi connectivity index (χ0v) is 26.3. The van der Waals surface area contributed by atoms with Gasteiger partial charge >= 0.3 is 20.2 Å². The van der Waals surface area contributed by atoms with E-state index in [0.29, 0.717) is 22.3 Å². The Morgan fingerprint density at radius 1 is 0.432 bits per heavy atom. The first-order chi connectivity index (χ1) is 16.8. The topological polar surface area (TPSA) is 77.5 Å². The zero-order chi connectivity index (χ0) is 28.6. The van der Waals surface area contributed by atoms with E-state index in [2.05, 4.69) is 27.7 Å². The van der Waals surface area contributed by atoms with Gasteiger partial charge in [0.15, 0.2) is 0 Å². The molecule has 208 valence electrons. The summed E-state index contributed by atoms with van der Waals surface area (Å²) in [6.45, 7) is 23.5. The van der Waals surface area contributed by atoms with Crippen LogP contribution in [0.1, 0.15) is 152 Å². The van der Waals surface area contributed by atoms with E-state index < -0.39 is 20.2 Å². The van der Waals surface area contributed by atoms with Crippen molar-refractivity contribution in [2.24, 2.45) is 0 Å². The second kappa shape index (κ2) is 11.6. The van der Waals surface area contributed by atoms with Gasteiger partial charge in [-0.1, -0.05) is 107 Å². The van der Waals surface area contributed by atoms with Crippen molar-refractivity contribution in [1.29, 1.82) is 0 Å². The van der Waals surface area contributed by atoms with Crippen LogP contribution < -0.4 is 0 Å². The molecule has 0 aliphatic carbocycles. The molecule has 0 unspecified atom stereocenters. The third kappa shape index (κ3) is 6.85. The van der Waals surface area contributed by atoms with Crippen LogP contribution in [0.15, 0.2) is 34.1 Å². The van der Waals surface area contributed by atoms with Crippen molar-refractivity contribution in [3.63, 3.8) is 0 Å². The average Bonchev–Trinajstić information content (AvgIpc) is 2.75. The van der Waals surface area contributed by atoms with Crippen molar-refractivity contribution < 1.29 is 20.5 Å². The van der Waals surface area contributed by atoms with Gasteiger partial charge in [-0.25, -0.2) is 0 Å². The predicted molar refractivity (Wildman–Crippen MR) is 153 cm³/mol. The van der Waals surface area contributed by atoms with E-state index in [1.54, 1.807) is 0 Å². The molecular formula is C30H46O5S2. The lowest BCUT2D eigenvalue weighted by Crippen LogP contribution is -2.21. The molecule has 7 heteroatoms. The molecule has 0 aliphatic heterocycles. The molecule has 0 saturated heterocycles. The highest BCUT2D eigenvalue weighted by atomic mass is 32.3. The summed E-state index contributed by atoms with van der Waals surface area (Å²) in [5.41, 5.74) is 4.34. The lowest BCUT2D eigenvalue weighted by atomic mass is 9.89. The standard InChI is InChI=1S/C30H46O5S2/c1-17(2)23-13-25(19(5)6)29(26(14-23)20(7)8)36(31,32)35-37(33,34)30-27(21(9)10)15-24(18(3)4)16-28(30)22(11)12/h13-22H,1-12H3. The Morgan fingerprint density at radius 3 is 0.811 bits per heavy atom. The minimum atomic E-state index is -4.66. The third-order valence-corrected chi connectivity index (χ3v) is 10.2. The summed E-state index contributed by atoms with van der Waals surface area (Å²) in [5.74, 6) is -0.189. The molecule has 0 saturated carbocycles. The largest absolute Gasteiger partial charge is 0.312 e. The fourth-order valence-corrected chi connectivity index (χ4v) is 8.36. The van der Waals surface area contributed by atoms with Gasteiger partial charge in [0, 0.05) is 0 Å². The first-order valence-corrected chi connectivity index (χ1v) is 16.2. The maximum atomic E-state index is 13.9. The van der Waals surface area contributed by atoms with E-state index in [9.17, 15) is 16.8 Å². The molecule has 2 aromatic rings. The van der Waals surface area contributed by atoms with Gasteiger partial charge in [-0.15, -0.1) is 3.63 Å². The van der Waals surface area contributed by atoms with E-state index in [4.69, 9.17) is 3.63 Å². The molecule has 0 bridgehead atoms. The zero-order valence-electron chi connectivity index (χ0n) is 24.6. The SMILES string of the molecule is CC(C)c1cc(C(C)C)c(S(=O)(=O)OS(=O)(=O)c2c(C(C)C)cc(C(C)C)cc2C(C)C)c(C(C)C)c1. The first kappa shape index (κ1) is 31.5. The van der Waals surface area contributed by atoms with Gasteiger partial charge in [-0.05, 0) is 68.9 Å². The summed E-state index contributed by atoms with van der Waals surface area (Å²) in [7, 11) is -9.32. The predicted octanol–water partition coefficient (Wildman–Crippen LogP) is 8.52. The molecule has 0 atom stereocenters. The van der Waals surface area contributed by atoms with Crippen LogP contribution in [0.2, 0.25) is 0 Å². The van der Waals surface area contributed by atoms with Crippen molar-refractivity contribution >= 4 is 20.2 Å². The second-order valence-electron chi connectivity index (χ2n) is 12.0. The second-order valence-corrected chi connectivity index (χ2v) is 15.1. The Kier molecular flexibility index (Phi) is 9.87. The van der Waals surface area contributed by atoms with Crippen molar-refractivity contribution in [3.05, 3.63) is 57.6 Å². The Balaban J connectivity index is 2.88. The van der Waals surface area contributed by atoms with Gasteiger partial charge in [0.25, 0.3) is 0 Å². The quantitative estimate of drug-likeness (QED) is 0.296. The van der Waals surface area contributed by atoms with Crippen LogP contribution in [0.25, 0.3) is 0 Å². The van der Waals surface area contributed by atoms with E-state index >= 15 is 0 Å². The minimum absolute atomic E-state index is 0.0264. The molecule has 5 nitrogen and oxygen atoms in total. The highest BCUT2D eigenvalue weighted by Gasteiger charge is 2.36. The van der Waals surface area contributed by atoms with Crippen LogP contribution in [0.4, 0.5) is 0 Å². The molecule has 0 heterocycles. The molecule has 2 rings (SSSR count). The third-order valence-electron chi connectivity index (χ3n) is 6.84. The van der Waals surface area contributed by atoms with Gasteiger partial charge < -0.3 is 0 Å². The summed E-state index contributed by atoms with van der Waals surface area (Å²) in [6.07, 6.45) is 0. The van der Waals surface area contributed by atoms with E-state index in [1.165, 1.54) is 0 Å². The number of benzene rings is 2. The fourth-order valence-electron chi connectivity index (χ4n) is 4.54. The number of rotatable bonds is 10. The maximum Gasteiger partial charge on any atom is 0.312 e. The Morgan fingerprint density at radius 2 is 0.649 bits per heavy atom. The Labute approximate surface area is 226 Å². The Bertz CT molecular complexity index is 1170. The van der Waals surface area contributed by atoms with Crippen molar-refractivity contribution in [2.75, 3.05) is 0 Å². The van der Waals surface area contributed by atoms with Gasteiger partial charge in [0.1, 0.15) is 9.79 Å². The summed E-state index contributed by atoms with van der Waals surface area (Å²) in [6, 6.07) is 7.50. The lowest BCUT2D eigenvalue weighted by Gasteiger charge is -2.24. The monoisotopic (exact) mass is 550 g/mol. The molecule has 37 heavy (non-hydrogen) atoms. The fraction of sp³-hybridized carbons (Fsp3) is 0.600. The molecule has 0 aromatic heterocycles. The van der Waals surface area contributed by atoms with Gasteiger partial charge in [-0.2, -0.15) is 16.8 Å². The van der Waals surface area contributed by atoms with Crippen LogP contribution in [0.5, 0.6) is 0 Å². The van der Waals surface area contributed by atoms with Crippen LogP contribution >= 0.6 is 0 Å². The van der Waals surface area contributed by atoms with Crippen LogP contribution in [0.3, 0.4) is 0 Å². The van der Waals surface area contributed by atoms with Gasteiger partial charge in [0.2, 0.25) is 0 Å². The first-order valence-electron chi connectivity index (χ1n) is 13.4. The molecular weight excluding hydrogens is 504 g/mol. The Hall–Kier alpha value is -1.70. The molecule has 0 radical (unpaired) electrons. The average molecular weight is 551 g/mol. The highest BCUT2D eigenvalue weighted by Crippen LogP contribution is 2.40. The molecule has 2 aromatic carbocycles. The summed E-state index contributed by atoms with van der Waals surface area (Å²) in [5, 5.41) is 0. The molecule has 0 aliphatic rings. The normalized spacial score (nSPS) is 13.2. The van der Waals surface area contributed by atoms with Gasteiger partial charge in [0.05, 0.1) is 0 Å². The van der Waals surface area contributed by atoms with Crippen molar-refractivity contribution in [2.45, 2.75) is 128 Å². The van der Waals surface area contributed by atoms with E-state index in [1.807, 2.05) is 79.7 Å². The van der Waals surface area contributed by atoms with Crippen LogP contribution in [0, 0.1) is 0 Å². The van der Waals surface area contributed by atoms with Crippen molar-refractivity contribution in [3.8, 4) is 0 Å². The lowest BCUT2D eigenvalue weighted by molar-refractivity contribution is 0.457. The molecule has 0 fully saturated rings. The number of hydrogen-bond donors (Lipinski definition) is 0. The highest BCUT2D eigenvalue weighted by molar-refractivity contribution is 8.00.